The number of carbonyl (C=O) groups is 2. The fourth-order valence-electron chi connectivity index (χ4n) is 1.49. The van der Waals surface area contributed by atoms with Gasteiger partial charge in [0.1, 0.15) is 6.04 Å². The Bertz CT molecular complexity index is 503. The molecule has 2 amide bonds. The van der Waals surface area contributed by atoms with Crippen molar-refractivity contribution in [1.29, 1.82) is 0 Å². The molecule has 0 saturated heterocycles. The van der Waals surface area contributed by atoms with Crippen molar-refractivity contribution in [3.63, 3.8) is 0 Å². The Morgan fingerprint density at radius 3 is 2.50 bits per heavy atom. The van der Waals surface area contributed by atoms with Crippen LogP contribution in [0.4, 0.5) is 5.69 Å². The first-order chi connectivity index (χ1) is 9.31. The van der Waals surface area contributed by atoms with Crippen LogP contribution in [0.3, 0.4) is 0 Å². The van der Waals surface area contributed by atoms with Gasteiger partial charge in [-0.25, -0.2) is 0 Å². The van der Waals surface area contributed by atoms with Gasteiger partial charge in [-0.2, -0.15) is 0 Å². The van der Waals surface area contributed by atoms with Gasteiger partial charge in [-0.05, 0) is 31.0 Å². The van der Waals surface area contributed by atoms with Crippen molar-refractivity contribution >= 4 is 29.1 Å². The molecule has 1 aromatic carbocycles. The van der Waals surface area contributed by atoms with E-state index in [0.717, 1.165) is 0 Å². The Kier molecular flexibility index (Phi) is 5.82. The molecule has 4 N–H and O–H groups in total. The van der Waals surface area contributed by atoms with Crippen LogP contribution in [0.1, 0.15) is 31.1 Å². The van der Waals surface area contributed by atoms with Crippen LogP contribution in [0.5, 0.6) is 0 Å². The van der Waals surface area contributed by atoms with Gasteiger partial charge >= 0.3 is 0 Å². The van der Waals surface area contributed by atoms with Gasteiger partial charge in [-0.1, -0.05) is 25.4 Å². The SMILES string of the molecule is CC(C)CNC(=O)C(C)NC(=O)c1ccc(Cl)c(N)c1. The van der Waals surface area contributed by atoms with Gasteiger partial charge in [0.2, 0.25) is 5.91 Å². The Morgan fingerprint density at radius 1 is 1.30 bits per heavy atom. The summed E-state index contributed by atoms with van der Waals surface area (Å²) in [6, 6.07) is 3.98. The van der Waals surface area contributed by atoms with Crippen molar-refractivity contribution < 1.29 is 9.59 Å². The van der Waals surface area contributed by atoms with Gasteiger partial charge < -0.3 is 16.4 Å². The Labute approximate surface area is 123 Å². The summed E-state index contributed by atoms with van der Waals surface area (Å²) in [6.45, 7) is 6.21. The number of benzene rings is 1. The second-order valence-electron chi connectivity index (χ2n) is 5.07. The number of anilines is 1. The van der Waals surface area contributed by atoms with Crippen LogP contribution in [0.25, 0.3) is 0 Å². The number of nitrogens with two attached hydrogens (primary N) is 1. The zero-order valence-electron chi connectivity index (χ0n) is 11.9. The summed E-state index contributed by atoms with van der Waals surface area (Å²) in [6.07, 6.45) is 0. The number of nitrogens with one attached hydrogen (secondary N) is 2. The van der Waals surface area contributed by atoms with Gasteiger partial charge in [0.15, 0.2) is 0 Å². The highest BCUT2D eigenvalue weighted by atomic mass is 35.5. The van der Waals surface area contributed by atoms with Gasteiger partial charge in [-0.15, -0.1) is 0 Å². The third-order valence-electron chi connectivity index (χ3n) is 2.68. The lowest BCUT2D eigenvalue weighted by Gasteiger charge is -2.15. The van der Waals surface area contributed by atoms with E-state index in [1.165, 1.54) is 6.07 Å². The third-order valence-corrected chi connectivity index (χ3v) is 3.03. The number of hydrogen-bond acceptors (Lipinski definition) is 3. The van der Waals surface area contributed by atoms with E-state index >= 15 is 0 Å². The molecule has 6 heteroatoms. The summed E-state index contributed by atoms with van der Waals surface area (Å²) in [4.78, 5) is 23.7. The maximum Gasteiger partial charge on any atom is 0.251 e. The van der Waals surface area contributed by atoms with E-state index in [9.17, 15) is 9.59 Å². The highest BCUT2D eigenvalue weighted by Gasteiger charge is 2.16. The molecule has 0 fully saturated rings. The van der Waals surface area contributed by atoms with E-state index in [1.807, 2.05) is 13.8 Å². The Balaban J connectivity index is 2.60. The molecule has 110 valence electrons. The van der Waals surface area contributed by atoms with Crippen LogP contribution < -0.4 is 16.4 Å². The fraction of sp³-hybridized carbons (Fsp3) is 0.429. The molecule has 0 aliphatic rings. The summed E-state index contributed by atoms with van der Waals surface area (Å²) < 4.78 is 0. The van der Waals surface area contributed by atoms with Gasteiger partial charge in [-0.3, -0.25) is 9.59 Å². The zero-order valence-corrected chi connectivity index (χ0v) is 12.6. The molecule has 1 unspecified atom stereocenters. The summed E-state index contributed by atoms with van der Waals surface area (Å²) >= 11 is 5.79. The molecule has 0 heterocycles. The molecule has 5 nitrogen and oxygen atoms in total. The van der Waals surface area contributed by atoms with Gasteiger partial charge in [0.25, 0.3) is 5.91 Å². The topological polar surface area (TPSA) is 84.2 Å². The third kappa shape index (κ3) is 4.74. The Morgan fingerprint density at radius 2 is 1.95 bits per heavy atom. The second kappa shape index (κ2) is 7.14. The van der Waals surface area contributed by atoms with E-state index in [2.05, 4.69) is 10.6 Å². The second-order valence-corrected chi connectivity index (χ2v) is 5.48. The lowest BCUT2D eigenvalue weighted by Crippen LogP contribution is -2.45. The van der Waals surface area contributed by atoms with Crippen molar-refractivity contribution in [2.75, 3.05) is 12.3 Å². The first-order valence-electron chi connectivity index (χ1n) is 6.45. The normalized spacial score (nSPS) is 12.1. The van der Waals surface area contributed by atoms with Gasteiger partial charge in [0.05, 0.1) is 10.7 Å². The molecule has 0 radical (unpaired) electrons. The molecule has 0 aromatic heterocycles. The summed E-state index contributed by atoms with van der Waals surface area (Å²) in [5, 5.41) is 5.77. The number of carbonyl (C=O) groups excluding carboxylic acids is 2. The van der Waals surface area contributed by atoms with Crippen LogP contribution >= 0.6 is 11.6 Å². The smallest absolute Gasteiger partial charge is 0.251 e. The fourth-order valence-corrected chi connectivity index (χ4v) is 1.61. The van der Waals surface area contributed by atoms with Crippen LogP contribution in [0.2, 0.25) is 5.02 Å². The van der Waals surface area contributed by atoms with E-state index in [0.29, 0.717) is 28.7 Å². The number of amides is 2. The van der Waals surface area contributed by atoms with E-state index in [4.69, 9.17) is 17.3 Å². The summed E-state index contributed by atoms with van der Waals surface area (Å²) in [5.41, 5.74) is 6.34. The highest BCUT2D eigenvalue weighted by molar-refractivity contribution is 6.33. The average molecular weight is 298 g/mol. The van der Waals surface area contributed by atoms with E-state index in [-0.39, 0.29) is 11.8 Å². The maximum absolute atomic E-state index is 12.0. The van der Waals surface area contributed by atoms with Crippen molar-refractivity contribution in [2.45, 2.75) is 26.8 Å². The molecule has 0 bridgehead atoms. The first kappa shape index (κ1) is 16.3. The molecular formula is C14H20ClN3O2. The lowest BCUT2D eigenvalue weighted by molar-refractivity contribution is -0.122. The molecule has 20 heavy (non-hydrogen) atoms. The molecule has 0 aliphatic heterocycles. The number of hydrogen-bond donors (Lipinski definition) is 3. The molecule has 0 saturated carbocycles. The predicted molar refractivity (Wildman–Crippen MR) is 80.6 cm³/mol. The monoisotopic (exact) mass is 297 g/mol. The minimum Gasteiger partial charge on any atom is -0.398 e. The van der Waals surface area contributed by atoms with Gasteiger partial charge in [0, 0.05) is 12.1 Å². The quantitative estimate of drug-likeness (QED) is 0.725. The van der Waals surface area contributed by atoms with Crippen LogP contribution in [0, 0.1) is 5.92 Å². The summed E-state index contributed by atoms with van der Waals surface area (Å²) in [5.74, 6) is -0.215. The van der Waals surface area contributed by atoms with Crippen molar-refractivity contribution in [1.82, 2.24) is 10.6 Å². The predicted octanol–water partition coefficient (Wildman–Crippen LogP) is 1.81. The van der Waals surface area contributed by atoms with Crippen molar-refractivity contribution in [2.24, 2.45) is 5.92 Å². The van der Waals surface area contributed by atoms with Crippen LogP contribution in [-0.2, 0) is 4.79 Å². The standard InChI is InChI=1S/C14H20ClN3O2/c1-8(2)7-17-13(19)9(3)18-14(20)10-4-5-11(15)12(16)6-10/h4-6,8-9H,7,16H2,1-3H3,(H,17,19)(H,18,20). The minimum atomic E-state index is -0.613. The van der Waals surface area contributed by atoms with Crippen LogP contribution in [0.15, 0.2) is 18.2 Å². The average Bonchev–Trinajstić information content (AvgIpc) is 2.38. The molecular weight excluding hydrogens is 278 g/mol. The van der Waals surface area contributed by atoms with Crippen molar-refractivity contribution in [3.05, 3.63) is 28.8 Å². The van der Waals surface area contributed by atoms with Crippen LogP contribution in [-0.4, -0.2) is 24.4 Å². The maximum atomic E-state index is 12.0. The molecule has 1 rings (SSSR count). The number of rotatable bonds is 5. The number of halogens is 1. The molecule has 0 spiro atoms. The lowest BCUT2D eigenvalue weighted by atomic mass is 10.1. The summed E-state index contributed by atoms with van der Waals surface area (Å²) in [7, 11) is 0. The van der Waals surface area contributed by atoms with Crippen molar-refractivity contribution in [3.8, 4) is 0 Å². The first-order valence-corrected chi connectivity index (χ1v) is 6.82. The molecule has 0 aliphatic carbocycles. The van der Waals surface area contributed by atoms with E-state index in [1.54, 1.807) is 19.1 Å². The molecule has 1 atom stereocenters. The Hall–Kier alpha value is -1.75. The number of nitrogen functional groups attached to an aromatic ring is 1. The zero-order chi connectivity index (χ0) is 15.3. The molecule has 1 aromatic rings. The highest BCUT2D eigenvalue weighted by Crippen LogP contribution is 2.19. The largest absolute Gasteiger partial charge is 0.398 e. The van der Waals surface area contributed by atoms with E-state index < -0.39 is 6.04 Å². The minimum absolute atomic E-state index is 0.214.